The molecule has 120 valence electrons. The van der Waals surface area contributed by atoms with Gasteiger partial charge in [-0.2, -0.15) is 0 Å². The lowest BCUT2D eigenvalue weighted by Gasteiger charge is -2.20. The van der Waals surface area contributed by atoms with Gasteiger partial charge in [-0.3, -0.25) is 9.59 Å². The van der Waals surface area contributed by atoms with E-state index in [1.54, 1.807) is 0 Å². The van der Waals surface area contributed by atoms with Gasteiger partial charge in [0.25, 0.3) is 0 Å². The van der Waals surface area contributed by atoms with Crippen LogP contribution in [0.25, 0.3) is 0 Å². The Labute approximate surface area is 144 Å². The summed E-state index contributed by atoms with van der Waals surface area (Å²) in [6.07, 6.45) is 0. The predicted molar refractivity (Wildman–Crippen MR) is 83.7 cm³/mol. The van der Waals surface area contributed by atoms with Crippen molar-refractivity contribution < 1.29 is 29.4 Å². The first kappa shape index (κ1) is 16.2. The van der Waals surface area contributed by atoms with Crippen molar-refractivity contribution in [2.24, 2.45) is 0 Å². The normalized spacial score (nSPS) is 12.6. The van der Waals surface area contributed by atoms with E-state index in [4.69, 9.17) is 33.4 Å². The second-order valence-electron chi connectivity index (χ2n) is 4.97. The topological polar surface area (TPSA) is 109 Å². The molecule has 6 nitrogen and oxygen atoms in total. The lowest BCUT2D eigenvalue weighted by molar-refractivity contribution is 0.0685. The standard InChI is InChI=1S/C16H6Cl2O6/c17-11-7(15(21)22)3-1-5-9(11)14(20)6-2-4-8(16(23)24)12(18)10(6)13(5)19/h1-4H,(H,21,22)(H,23,24). The molecule has 0 bridgehead atoms. The smallest absolute Gasteiger partial charge is 0.337 e. The van der Waals surface area contributed by atoms with Gasteiger partial charge in [-0.05, 0) is 24.3 Å². The molecule has 0 aromatic heterocycles. The van der Waals surface area contributed by atoms with Crippen molar-refractivity contribution in [3.05, 3.63) is 67.7 Å². The minimum absolute atomic E-state index is 0.119. The molecular formula is C16H6Cl2O6. The number of carboxylic acid groups (broad SMARTS) is 2. The van der Waals surface area contributed by atoms with E-state index in [-0.39, 0.29) is 43.4 Å². The van der Waals surface area contributed by atoms with Gasteiger partial charge < -0.3 is 10.2 Å². The van der Waals surface area contributed by atoms with Crippen molar-refractivity contribution in [2.75, 3.05) is 0 Å². The van der Waals surface area contributed by atoms with Crippen LogP contribution in [0, 0.1) is 0 Å². The summed E-state index contributed by atoms with van der Waals surface area (Å²) in [5.74, 6) is -4.06. The molecule has 8 heteroatoms. The summed E-state index contributed by atoms with van der Waals surface area (Å²) in [6.45, 7) is 0. The van der Waals surface area contributed by atoms with E-state index >= 15 is 0 Å². The minimum Gasteiger partial charge on any atom is -0.478 e. The molecule has 1 aliphatic carbocycles. The third kappa shape index (κ3) is 2.11. The molecule has 1 aliphatic rings. The van der Waals surface area contributed by atoms with Gasteiger partial charge in [-0.1, -0.05) is 23.2 Å². The maximum Gasteiger partial charge on any atom is 0.337 e. The average molecular weight is 365 g/mol. The lowest BCUT2D eigenvalue weighted by Crippen LogP contribution is -2.23. The minimum atomic E-state index is -1.34. The Kier molecular flexibility index (Phi) is 3.66. The molecule has 0 heterocycles. The largest absolute Gasteiger partial charge is 0.478 e. The third-order valence-corrected chi connectivity index (χ3v) is 4.47. The van der Waals surface area contributed by atoms with Crippen molar-refractivity contribution in [2.45, 2.75) is 0 Å². The van der Waals surface area contributed by atoms with Crippen LogP contribution >= 0.6 is 23.2 Å². The second kappa shape index (κ2) is 5.43. The van der Waals surface area contributed by atoms with E-state index in [2.05, 4.69) is 0 Å². The fraction of sp³-hybridized carbons (Fsp3) is 0. The number of carboxylic acids is 2. The molecule has 24 heavy (non-hydrogen) atoms. The van der Waals surface area contributed by atoms with Gasteiger partial charge in [0, 0.05) is 11.1 Å². The van der Waals surface area contributed by atoms with Gasteiger partial charge in [-0.25, -0.2) is 9.59 Å². The molecule has 0 spiro atoms. The lowest BCUT2D eigenvalue weighted by atomic mass is 9.82. The Bertz CT molecular complexity index is 898. The fourth-order valence-corrected chi connectivity index (χ4v) is 3.24. The van der Waals surface area contributed by atoms with E-state index in [1.165, 1.54) is 0 Å². The molecule has 0 fully saturated rings. The second-order valence-corrected chi connectivity index (χ2v) is 5.72. The Hall–Kier alpha value is -2.70. The highest BCUT2D eigenvalue weighted by molar-refractivity contribution is 6.44. The maximum absolute atomic E-state index is 12.6. The first-order valence-electron chi connectivity index (χ1n) is 6.46. The first-order valence-corrected chi connectivity index (χ1v) is 7.22. The van der Waals surface area contributed by atoms with Crippen LogP contribution < -0.4 is 0 Å². The van der Waals surface area contributed by atoms with Gasteiger partial charge >= 0.3 is 11.9 Å². The van der Waals surface area contributed by atoms with Gasteiger partial charge in [0.1, 0.15) is 0 Å². The van der Waals surface area contributed by atoms with E-state index < -0.39 is 23.5 Å². The van der Waals surface area contributed by atoms with Crippen LogP contribution in [0.3, 0.4) is 0 Å². The van der Waals surface area contributed by atoms with Crippen molar-refractivity contribution in [3.63, 3.8) is 0 Å². The molecule has 0 saturated heterocycles. The Morgan fingerprint density at radius 2 is 1.04 bits per heavy atom. The van der Waals surface area contributed by atoms with Gasteiger partial charge in [0.15, 0.2) is 11.6 Å². The molecule has 3 rings (SSSR count). The fourth-order valence-electron chi connectivity index (χ4n) is 2.57. The summed E-state index contributed by atoms with van der Waals surface area (Å²) in [4.78, 5) is 47.6. The van der Waals surface area contributed by atoms with E-state index in [0.29, 0.717) is 0 Å². The van der Waals surface area contributed by atoms with E-state index in [1.807, 2.05) is 0 Å². The highest BCUT2D eigenvalue weighted by atomic mass is 35.5. The number of carbonyl (C=O) groups excluding carboxylic acids is 2. The van der Waals surface area contributed by atoms with Crippen molar-refractivity contribution in [1.82, 2.24) is 0 Å². The van der Waals surface area contributed by atoms with Gasteiger partial charge in [0.2, 0.25) is 0 Å². The molecule has 0 saturated carbocycles. The van der Waals surface area contributed by atoms with E-state index in [0.717, 1.165) is 24.3 Å². The highest BCUT2D eigenvalue weighted by Crippen LogP contribution is 2.37. The number of carbonyl (C=O) groups is 4. The molecule has 2 N–H and O–H groups in total. The van der Waals surface area contributed by atoms with Gasteiger partial charge in [-0.15, -0.1) is 0 Å². The summed E-state index contributed by atoms with van der Waals surface area (Å²) in [5.41, 5.74) is -1.32. The number of rotatable bonds is 2. The van der Waals surface area contributed by atoms with Crippen molar-refractivity contribution >= 4 is 46.7 Å². The molecule has 0 atom stereocenters. The Morgan fingerprint density at radius 3 is 1.33 bits per heavy atom. The summed E-state index contributed by atoms with van der Waals surface area (Å²) < 4.78 is 0. The quantitative estimate of drug-likeness (QED) is 0.722. The van der Waals surface area contributed by atoms with Crippen LogP contribution in [-0.4, -0.2) is 33.7 Å². The molecular weight excluding hydrogens is 359 g/mol. The van der Waals surface area contributed by atoms with Crippen LogP contribution in [0.4, 0.5) is 0 Å². The third-order valence-electron chi connectivity index (χ3n) is 3.69. The number of hydrogen-bond donors (Lipinski definition) is 2. The number of aromatic carboxylic acids is 2. The molecule has 0 radical (unpaired) electrons. The van der Waals surface area contributed by atoms with Crippen LogP contribution in [0.1, 0.15) is 52.6 Å². The zero-order valence-corrected chi connectivity index (χ0v) is 13.1. The zero-order chi connectivity index (χ0) is 17.8. The number of hydrogen-bond acceptors (Lipinski definition) is 4. The SMILES string of the molecule is O=C(O)c1ccc2c(c1Cl)C(=O)c1ccc(C(=O)O)c(Cl)c1C2=O. The molecule has 0 aliphatic heterocycles. The maximum atomic E-state index is 12.6. The monoisotopic (exact) mass is 364 g/mol. The van der Waals surface area contributed by atoms with Crippen molar-refractivity contribution in [3.8, 4) is 0 Å². The van der Waals surface area contributed by atoms with Gasteiger partial charge in [0.05, 0.1) is 32.3 Å². The van der Waals surface area contributed by atoms with Crippen LogP contribution in [0.2, 0.25) is 10.0 Å². The molecule has 0 amide bonds. The van der Waals surface area contributed by atoms with E-state index in [9.17, 15) is 19.2 Å². The molecule has 2 aromatic carbocycles. The van der Waals surface area contributed by atoms with Crippen molar-refractivity contribution in [1.29, 1.82) is 0 Å². The van der Waals surface area contributed by atoms with Crippen LogP contribution in [0.15, 0.2) is 24.3 Å². The zero-order valence-electron chi connectivity index (χ0n) is 11.6. The number of benzene rings is 2. The number of ketones is 2. The number of fused-ring (bicyclic) bond motifs is 2. The summed E-state index contributed by atoms with van der Waals surface area (Å²) >= 11 is 12.0. The first-order chi connectivity index (χ1) is 11.3. The predicted octanol–water partition coefficient (Wildman–Crippen LogP) is 3.17. The summed E-state index contributed by atoms with van der Waals surface area (Å²) in [5, 5.41) is 17.5. The number of halogens is 2. The van der Waals surface area contributed by atoms with Crippen LogP contribution in [0.5, 0.6) is 0 Å². The summed E-state index contributed by atoms with van der Waals surface area (Å²) in [6, 6.07) is 4.54. The average Bonchev–Trinajstić information content (AvgIpc) is 2.51. The Morgan fingerprint density at radius 1 is 0.708 bits per heavy atom. The Balaban J connectivity index is 2.34. The molecule has 2 aromatic rings. The summed E-state index contributed by atoms with van der Waals surface area (Å²) in [7, 11) is 0. The molecule has 0 unspecified atom stereocenters. The van der Waals surface area contributed by atoms with Crippen LogP contribution in [-0.2, 0) is 0 Å². The highest BCUT2D eigenvalue weighted by Gasteiger charge is 2.36.